The number of hydrogen-bond donors (Lipinski definition) is 1. The summed E-state index contributed by atoms with van der Waals surface area (Å²) >= 11 is 0. The van der Waals surface area contributed by atoms with E-state index in [9.17, 15) is 0 Å². The zero-order valence-corrected chi connectivity index (χ0v) is 9.45. The molecule has 0 amide bonds. The normalized spacial score (nSPS) is 32.5. The topological polar surface area (TPSA) is 53.0 Å². The van der Waals surface area contributed by atoms with Crippen LogP contribution >= 0.6 is 0 Å². The number of nitriles is 1. The van der Waals surface area contributed by atoms with E-state index in [0.717, 1.165) is 25.4 Å². The molecule has 1 fully saturated rings. The van der Waals surface area contributed by atoms with Crippen LogP contribution in [0.3, 0.4) is 0 Å². The van der Waals surface area contributed by atoms with Gasteiger partial charge in [0.05, 0.1) is 6.07 Å². The van der Waals surface area contributed by atoms with E-state index in [1.165, 1.54) is 6.42 Å². The maximum Gasteiger partial charge on any atom is 0.102 e. The highest BCUT2D eigenvalue weighted by Crippen LogP contribution is 2.23. The Morgan fingerprint density at radius 1 is 1.57 bits per heavy atom. The van der Waals surface area contributed by atoms with E-state index in [4.69, 9.17) is 11.0 Å². The minimum absolute atomic E-state index is 0.652. The first-order chi connectivity index (χ1) is 6.44. The first-order valence-electron chi connectivity index (χ1n) is 5.39. The van der Waals surface area contributed by atoms with Crippen LogP contribution in [-0.2, 0) is 0 Å². The highest BCUT2D eigenvalue weighted by Gasteiger charge is 2.27. The standard InChI is InChI=1S/C11H21N3/c1-9-6-10(2)14(7-9)5-4-11(3,13)8-12/h9-10H,4-7,13H2,1-3H3. The molecule has 0 aromatic heterocycles. The van der Waals surface area contributed by atoms with Gasteiger partial charge in [0.25, 0.3) is 0 Å². The van der Waals surface area contributed by atoms with Gasteiger partial charge in [-0.25, -0.2) is 0 Å². The molecule has 0 aliphatic carbocycles. The molecule has 80 valence electrons. The van der Waals surface area contributed by atoms with Gasteiger partial charge in [0.1, 0.15) is 5.54 Å². The second-order valence-electron chi connectivity index (χ2n) is 4.96. The molecule has 1 aliphatic rings. The molecule has 14 heavy (non-hydrogen) atoms. The van der Waals surface area contributed by atoms with Gasteiger partial charge < -0.3 is 10.6 Å². The number of nitrogens with two attached hydrogens (primary N) is 1. The van der Waals surface area contributed by atoms with Crippen LogP contribution in [0, 0.1) is 17.2 Å². The molecule has 0 bridgehead atoms. The van der Waals surface area contributed by atoms with Gasteiger partial charge in [-0.3, -0.25) is 0 Å². The molecule has 0 aromatic rings. The molecule has 1 rings (SSSR count). The fourth-order valence-electron chi connectivity index (χ4n) is 2.13. The van der Waals surface area contributed by atoms with E-state index in [0.29, 0.717) is 6.04 Å². The Hall–Kier alpha value is -0.590. The van der Waals surface area contributed by atoms with Crippen LogP contribution in [0.5, 0.6) is 0 Å². The van der Waals surface area contributed by atoms with Crippen molar-refractivity contribution in [2.24, 2.45) is 11.7 Å². The fourth-order valence-corrected chi connectivity index (χ4v) is 2.13. The summed E-state index contributed by atoms with van der Waals surface area (Å²) in [5, 5.41) is 8.79. The van der Waals surface area contributed by atoms with Crippen LogP contribution in [0.15, 0.2) is 0 Å². The Balaban J connectivity index is 2.36. The predicted octanol–water partition coefficient (Wildman–Crippen LogP) is 1.35. The fraction of sp³-hybridized carbons (Fsp3) is 0.909. The van der Waals surface area contributed by atoms with Crippen LogP contribution in [0.25, 0.3) is 0 Å². The second kappa shape index (κ2) is 4.29. The molecule has 1 heterocycles. The van der Waals surface area contributed by atoms with Gasteiger partial charge in [0.15, 0.2) is 0 Å². The Bertz CT molecular complexity index is 229. The molecule has 0 radical (unpaired) electrons. The van der Waals surface area contributed by atoms with Crippen molar-refractivity contribution < 1.29 is 0 Å². The van der Waals surface area contributed by atoms with E-state index in [1.807, 2.05) is 0 Å². The monoisotopic (exact) mass is 195 g/mol. The summed E-state index contributed by atoms with van der Waals surface area (Å²) in [6.07, 6.45) is 2.04. The first kappa shape index (κ1) is 11.5. The Morgan fingerprint density at radius 3 is 2.64 bits per heavy atom. The predicted molar refractivity (Wildman–Crippen MR) is 57.6 cm³/mol. The smallest absolute Gasteiger partial charge is 0.102 e. The van der Waals surface area contributed by atoms with Crippen LogP contribution in [0.2, 0.25) is 0 Å². The molecule has 1 saturated heterocycles. The van der Waals surface area contributed by atoms with Gasteiger partial charge >= 0.3 is 0 Å². The largest absolute Gasteiger partial charge is 0.314 e. The van der Waals surface area contributed by atoms with Crippen LogP contribution in [0.4, 0.5) is 0 Å². The van der Waals surface area contributed by atoms with Gasteiger partial charge in [0.2, 0.25) is 0 Å². The van der Waals surface area contributed by atoms with Gasteiger partial charge in [-0.1, -0.05) is 6.92 Å². The van der Waals surface area contributed by atoms with Gasteiger partial charge in [-0.05, 0) is 32.6 Å². The maximum atomic E-state index is 8.79. The summed E-state index contributed by atoms with van der Waals surface area (Å²) in [5.41, 5.74) is 5.13. The van der Waals surface area contributed by atoms with Crippen LogP contribution < -0.4 is 5.73 Å². The lowest BCUT2D eigenvalue weighted by molar-refractivity contribution is 0.247. The summed E-state index contributed by atoms with van der Waals surface area (Å²) in [4.78, 5) is 2.44. The molecule has 0 aromatic carbocycles. The minimum atomic E-state index is -0.661. The summed E-state index contributed by atoms with van der Waals surface area (Å²) in [6.45, 7) is 8.44. The number of rotatable bonds is 3. The van der Waals surface area contributed by atoms with Gasteiger partial charge in [-0.2, -0.15) is 5.26 Å². The quantitative estimate of drug-likeness (QED) is 0.739. The molecular weight excluding hydrogens is 174 g/mol. The Morgan fingerprint density at radius 2 is 2.21 bits per heavy atom. The molecule has 2 N–H and O–H groups in total. The number of nitrogens with zero attached hydrogens (tertiary/aromatic N) is 2. The first-order valence-corrected chi connectivity index (χ1v) is 5.39. The van der Waals surface area contributed by atoms with Gasteiger partial charge in [0, 0.05) is 19.1 Å². The van der Waals surface area contributed by atoms with E-state index < -0.39 is 5.54 Å². The van der Waals surface area contributed by atoms with E-state index in [2.05, 4.69) is 24.8 Å². The van der Waals surface area contributed by atoms with Crippen LogP contribution in [0.1, 0.15) is 33.6 Å². The van der Waals surface area contributed by atoms with Gasteiger partial charge in [-0.15, -0.1) is 0 Å². The molecular formula is C11H21N3. The molecule has 3 unspecified atom stereocenters. The van der Waals surface area contributed by atoms with E-state index >= 15 is 0 Å². The lowest BCUT2D eigenvalue weighted by Crippen LogP contribution is -2.39. The lowest BCUT2D eigenvalue weighted by Gasteiger charge is -2.24. The molecule has 0 spiro atoms. The lowest BCUT2D eigenvalue weighted by atomic mass is 10.0. The second-order valence-corrected chi connectivity index (χ2v) is 4.96. The SMILES string of the molecule is CC1CC(C)N(CCC(C)(N)C#N)C1. The maximum absolute atomic E-state index is 8.79. The van der Waals surface area contributed by atoms with Crippen molar-refractivity contribution in [2.45, 2.75) is 45.2 Å². The van der Waals surface area contributed by atoms with E-state index in [-0.39, 0.29) is 0 Å². The highest BCUT2D eigenvalue weighted by molar-refractivity contribution is 5.01. The van der Waals surface area contributed by atoms with Crippen molar-refractivity contribution in [2.75, 3.05) is 13.1 Å². The molecule has 3 atom stereocenters. The van der Waals surface area contributed by atoms with Crippen molar-refractivity contribution in [1.82, 2.24) is 4.90 Å². The summed E-state index contributed by atoms with van der Waals surface area (Å²) in [5.74, 6) is 0.788. The molecule has 0 saturated carbocycles. The summed E-state index contributed by atoms with van der Waals surface area (Å²) in [6, 6.07) is 2.79. The Labute approximate surface area is 86.9 Å². The Kier molecular flexibility index (Phi) is 3.52. The summed E-state index contributed by atoms with van der Waals surface area (Å²) < 4.78 is 0. The third kappa shape index (κ3) is 2.97. The zero-order valence-electron chi connectivity index (χ0n) is 9.45. The van der Waals surface area contributed by atoms with Crippen molar-refractivity contribution in [1.29, 1.82) is 5.26 Å². The highest BCUT2D eigenvalue weighted by atomic mass is 15.2. The third-order valence-electron chi connectivity index (χ3n) is 3.09. The average molecular weight is 195 g/mol. The molecule has 1 aliphatic heterocycles. The molecule has 3 heteroatoms. The van der Waals surface area contributed by atoms with Crippen molar-refractivity contribution in [3.8, 4) is 6.07 Å². The molecule has 3 nitrogen and oxygen atoms in total. The van der Waals surface area contributed by atoms with Crippen molar-refractivity contribution in [3.63, 3.8) is 0 Å². The van der Waals surface area contributed by atoms with E-state index in [1.54, 1.807) is 6.92 Å². The third-order valence-corrected chi connectivity index (χ3v) is 3.09. The minimum Gasteiger partial charge on any atom is -0.314 e. The average Bonchev–Trinajstić information content (AvgIpc) is 2.42. The zero-order chi connectivity index (χ0) is 10.8. The van der Waals surface area contributed by atoms with Crippen molar-refractivity contribution >= 4 is 0 Å². The van der Waals surface area contributed by atoms with Crippen molar-refractivity contribution in [3.05, 3.63) is 0 Å². The number of hydrogen-bond acceptors (Lipinski definition) is 3. The number of likely N-dealkylation sites (tertiary alicyclic amines) is 1. The summed E-state index contributed by atoms with van der Waals surface area (Å²) in [7, 11) is 0. The van der Waals surface area contributed by atoms with Crippen LogP contribution in [-0.4, -0.2) is 29.6 Å².